The average molecular weight is 135 g/mol. The van der Waals surface area contributed by atoms with Crippen LogP contribution >= 0.6 is 23.2 Å². The molecule has 0 aromatic heterocycles. The molecule has 0 fully saturated rings. The molecule has 0 aliphatic carbocycles. The maximum atomic E-state index is 11.1. The first-order valence-electron chi connectivity index (χ1n) is 1.21. The summed E-state index contributed by atoms with van der Waals surface area (Å²) in [5, 5.41) is 0. The summed E-state index contributed by atoms with van der Waals surface area (Å²) in [5.41, 5.74) is -4.15. The second-order valence-corrected chi connectivity index (χ2v) is 1.50. The van der Waals surface area contributed by atoms with E-state index in [9.17, 15) is 8.78 Å². The van der Waals surface area contributed by atoms with E-state index in [2.05, 4.69) is 23.2 Å². The lowest BCUT2D eigenvalue weighted by Gasteiger charge is -1.92. The Morgan fingerprint density at radius 1 is 1.00 bits per heavy atom. The van der Waals surface area contributed by atoms with Gasteiger partial charge in [0.2, 0.25) is 11.3 Å². The van der Waals surface area contributed by atoms with E-state index in [-0.39, 0.29) is 0 Å². The van der Waals surface area contributed by atoms with E-state index in [4.69, 9.17) is 0 Å². The summed E-state index contributed by atoms with van der Waals surface area (Å²) < 4.78 is 22.2. The lowest BCUT2D eigenvalue weighted by Crippen LogP contribution is -1.99. The maximum absolute atomic E-state index is 11.1. The molecule has 0 aromatic rings. The Bertz CT molecular complexity index is 30.5. The Labute approximate surface area is 44.0 Å². The summed E-state index contributed by atoms with van der Waals surface area (Å²) in [6, 6.07) is 0. The third kappa shape index (κ3) is 2.67. The van der Waals surface area contributed by atoms with Crippen molar-refractivity contribution in [3.63, 3.8) is 0 Å². The number of hydrogen-bond acceptors (Lipinski definition) is 0. The van der Waals surface area contributed by atoms with Gasteiger partial charge in [0.1, 0.15) is 0 Å². The zero-order valence-electron chi connectivity index (χ0n) is 2.67. The normalized spacial score (nSPS) is 20.0. The fraction of sp³-hybridized carbons (Fsp3) is 1.00. The summed E-state index contributed by atoms with van der Waals surface area (Å²) in [6.07, 6.45) is 0. The molecule has 0 aliphatic rings. The van der Waals surface area contributed by atoms with Gasteiger partial charge in [0, 0.05) is 0 Å². The van der Waals surface area contributed by atoms with Crippen LogP contribution in [0.25, 0.3) is 0 Å². The highest BCUT2D eigenvalue weighted by molar-refractivity contribution is 6.28. The molecule has 0 bridgehead atoms. The summed E-state index contributed by atoms with van der Waals surface area (Å²) in [6.45, 7) is 0. The van der Waals surface area contributed by atoms with Crippen LogP contribution < -0.4 is 0 Å². The molecule has 0 N–H and O–H groups in total. The van der Waals surface area contributed by atoms with E-state index in [1.807, 2.05) is 0 Å². The predicted octanol–water partition coefficient (Wildman–Crippen LogP) is 2.06. The molecular weight excluding hydrogens is 133 g/mol. The molecule has 6 heavy (non-hydrogen) atoms. The number of rotatable bonds is 1. The molecule has 0 amide bonds. The van der Waals surface area contributed by atoms with Crippen LogP contribution in [0.4, 0.5) is 8.78 Å². The van der Waals surface area contributed by atoms with Gasteiger partial charge in [-0.3, -0.25) is 0 Å². The fourth-order valence-electron chi connectivity index (χ4n) is 0. The SMILES string of the molecule is F[C@@H](Cl)[C@@H](F)Cl. The fourth-order valence-corrected chi connectivity index (χ4v) is 0. The minimum atomic E-state index is -2.08. The van der Waals surface area contributed by atoms with E-state index in [1.54, 1.807) is 0 Å². The average Bonchev–Trinajstić information content (AvgIpc) is 1.36. The van der Waals surface area contributed by atoms with Crippen molar-refractivity contribution in [3.8, 4) is 0 Å². The standard InChI is InChI=1S/C2H2Cl2F2/c3-1(5)2(4)6/h1-2H/t1-,2-/m1/s1. The summed E-state index contributed by atoms with van der Waals surface area (Å²) >= 11 is 8.88. The van der Waals surface area contributed by atoms with Gasteiger partial charge in [-0.1, -0.05) is 23.2 Å². The molecule has 0 unspecified atom stereocenters. The van der Waals surface area contributed by atoms with E-state index in [0.717, 1.165) is 0 Å². The van der Waals surface area contributed by atoms with Crippen LogP contribution in [-0.2, 0) is 0 Å². The zero-order valence-corrected chi connectivity index (χ0v) is 4.18. The van der Waals surface area contributed by atoms with Crippen LogP contribution in [0.2, 0.25) is 0 Å². The van der Waals surface area contributed by atoms with Crippen LogP contribution in [0.3, 0.4) is 0 Å². The van der Waals surface area contributed by atoms with Crippen molar-refractivity contribution in [2.24, 2.45) is 0 Å². The first kappa shape index (κ1) is 6.44. The minimum absolute atomic E-state index is 2.08. The van der Waals surface area contributed by atoms with E-state index >= 15 is 0 Å². The second kappa shape index (κ2) is 2.59. The summed E-state index contributed by atoms with van der Waals surface area (Å²) in [4.78, 5) is 0. The van der Waals surface area contributed by atoms with Crippen molar-refractivity contribution >= 4 is 23.2 Å². The zero-order chi connectivity index (χ0) is 5.15. The van der Waals surface area contributed by atoms with Crippen molar-refractivity contribution in [2.45, 2.75) is 11.3 Å². The number of halogens is 4. The van der Waals surface area contributed by atoms with E-state index in [1.165, 1.54) is 0 Å². The van der Waals surface area contributed by atoms with E-state index in [0.29, 0.717) is 0 Å². The van der Waals surface area contributed by atoms with Gasteiger partial charge in [-0.15, -0.1) is 0 Å². The predicted molar refractivity (Wildman–Crippen MR) is 21.5 cm³/mol. The highest BCUT2D eigenvalue weighted by Gasteiger charge is 2.11. The van der Waals surface area contributed by atoms with Gasteiger partial charge < -0.3 is 0 Å². The maximum Gasteiger partial charge on any atom is 0.218 e. The van der Waals surface area contributed by atoms with Crippen molar-refractivity contribution in [1.29, 1.82) is 0 Å². The molecular formula is C2H2Cl2F2. The second-order valence-electron chi connectivity index (χ2n) is 0.669. The quantitative estimate of drug-likeness (QED) is 0.482. The molecule has 0 rings (SSSR count). The molecule has 0 spiro atoms. The van der Waals surface area contributed by atoms with Gasteiger partial charge in [-0.05, 0) is 0 Å². The summed E-state index contributed by atoms with van der Waals surface area (Å²) in [5.74, 6) is 0. The molecule has 4 heteroatoms. The van der Waals surface area contributed by atoms with Gasteiger partial charge in [-0.2, -0.15) is 0 Å². The Kier molecular flexibility index (Phi) is 2.78. The molecule has 0 heterocycles. The third-order valence-corrected chi connectivity index (χ3v) is 0.762. The Morgan fingerprint density at radius 3 is 1.17 bits per heavy atom. The Balaban J connectivity index is 2.99. The highest BCUT2D eigenvalue weighted by Crippen LogP contribution is 2.10. The van der Waals surface area contributed by atoms with Gasteiger partial charge in [0.05, 0.1) is 0 Å². The highest BCUT2D eigenvalue weighted by atomic mass is 35.5. The molecule has 38 valence electrons. The molecule has 2 atom stereocenters. The van der Waals surface area contributed by atoms with Crippen LogP contribution in [0.15, 0.2) is 0 Å². The Morgan fingerprint density at radius 2 is 1.17 bits per heavy atom. The lowest BCUT2D eigenvalue weighted by atomic mass is 10.8. The molecule has 0 saturated carbocycles. The van der Waals surface area contributed by atoms with Crippen LogP contribution in [0.5, 0.6) is 0 Å². The molecule has 0 aliphatic heterocycles. The molecule has 0 aromatic carbocycles. The number of hydrogen-bond donors (Lipinski definition) is 0. The molecule has 0 radical (unpaired) electrons. The van der Waals surface area contributed by atoms with Crippen molar-refractivity contribution in [1.82, 2.24) is 0 Å². The lowest BCUT2D eigenvalue weighted by molar-refractivity contribution is 0.306. The van der Waals surface area contributed by atoms with Crippen molar-refractivity contribution in [2.75, 3.05) is 0 Å². The smallest absolute Gasteiger partial charge is 0.218 e. The van der Waals surface area contributed by atoms with Gasteiger partial charge >= 0.3 is 0 Å². The van der Waals surface area contributed by atoms with Crippen molar-refractivity contribution < 1.29 is 8.78 Å². The topological polar surface area (TPSA) is 0 Å². The Hall–Kier alpha value is 0.440. The molecule has 0 saturated heterocycles. The number of alkyl halides is 4. The van der Waals surface area contributed by atoms with Gasteiger partial charge in [0.15, 0.2) is 0 Å². The van der Waals surface area contributed by atoms with Crippen LogP contribution in [0, 0.1) is 0 Å². The summed E-state index contributed by atoms with van der Waals surface area (Å²) in [7, 11) is 0. The first-order chi connectivity index (χ1) is 2.64. The molecule has 0 nitrogen and oxygen atoms in total. The largest absolute Gasteiger partial charge is 0.225 e. The van der Waals surface area contributed by atoms with Gasteiger partial charge in [-0.25, -0.2) is 8.78 Å². The third-order valence-electron chi connectivity index (χ3n) is 0.190. The van der Waals surface area contributed by atoms with Crippen LogP contribution in [0.1, 0.15) is 0 Å². The van der Waals surface area contributed by atoms with E-state index < -0.39 is 11.3 Å². The minimum Gasteiger partial charge on any atom is -0.225 e. The van der Waals surface area contributed by atoms with Crippen LogP contribution in [-0.4, -0.2) is 11.3 Å². The van der Waals surface area contributed by atoms with Crippen molar-refractivity contribution in [3.05, 3.63) is 0 Å². The van der Waals surface area contributed by atoms with Gasteiger partial charge in [0.25, 0.3) is 0 Å². The first-order valence-corrected chi connectivity index (χ1v) is 2.08. The monoisotopic (exact) mass is 134 g/mol.